The zero-order valence-electron chi connectivity index (χ0n) is 9.39. The monoisotopic (exact) mass is 292 g/mol. The normalized spacial score (nSPS) is 11.1. The summed E-state index contributed by atoms with van der Waals surface area (Å²) in [4.78, 5) is 19.4. The van der Waals surface area contributed by atoms with Crippen LogP contribution in [0.25, 0.3) is 21.8 Å². The Hall–Kier alpha value is -1.91. The van der Waals surface area contributed by atoms with Gasteiger partial charge in [-0.25, -0.2) is 9.78 Å². The molecule has 0 unspecified atom stereocenters. The van der Waals surface area contributed by atoms with Crippen molar-refractivity contribution in [3.8, 4) is 0 Å². The molecule has 0 saturated heterocycles. The summed E-state index contributed by atoms with van der Waals surface area (Å²) in [5.41, 5.74) is 0.889. The zero-order chi connectivity index (χ0) is 13.6. The lowest BCUT2D eigenvalue weighted by atomic mass is 10.1. The van der Waals surface area contributed by atoms with E-state index in [-0.39, 0.29) is 10.7 Å². The van der Waals surface area contributed by atoms with Crippen molar-refractivity contribution in [3.05, 3.63) is 46.2 Å². The van der Waals surface area contributed by atoms with Gasteiger partial charge in [-0.1, -0.05) is 35.3 Å². The molecular formula is C13H6Cl2N2O2. The third-order valence-corrected chi connectivity index (χ3v) is 3.46. The predicted octanol–water partition coefficient (Wildman–Crippen LogP) is 3.79. The molecule has 0 atom stereocenters. The third-order valence-electron chi connectivity index (χ3n) is 2.80. The number of carbonyl (C=O) groups is 1. The fraction of sp³-hybridized carbons (Fsp3) is 0. The van der Waals surface area contributed by atoms with Crippen LogP contribution < -0.4 is 0 Å². The van der Waals surface area contributed by atoms with E-state index in [4.69, 9.17) is 28.3 Å². The molecule has 0 bridgehead atoms. The van der Waals surface area contributed by atoms with Gasteiger partial charge in [0, 0.05) is 17.0 Å². The number of aromatic nitrogens is 2. The van der Waals surface area contributed by atoms with Crippen LogP contribution in [0.1, 0.15) is 10.5 Å². The average Bonchev–Trinajstić information content (AvgIpc) is 2.56. The van der Waals surface area contributed by atoms with E-state index in [0.717, 1.165) is 0 Å². The molecule has 2 heterocycles. The standard InChI is InChI=1S/C13H6Cl2N2O2/c14-7-5-8-6(3-1-2-4-16-8)11-9(7)10(15)12(17-11)13(18)19/h1-5H,(H,18,19). The fourth-order valence-electron chi connectivity index (χ4n) is 1.98. The Morgan fingerprint density at radius 2 is 2.05 bits per heavy atom. The highest BCUT2D eigenvalue weighted by atomic mass is 35.5. The van der Waals surface area contributed by atoms with Crippen LogP contribution in [0, 0.1) is 0 Å². The summed E-state index contributed by atoms with van der Waals surface area (Å²) >= 11 is 12.2. The lowest BCUT2D eigenvalue weighted by molar-refractivity contribution is 0.0692. The summed E-state index contributed by atoms with van der Waals surface area (Å²) < 4.78 is 0. The van der Waals surface area contributed by atoms with Crippen molar-refractivity contribution in [1.29, 1.82) is 0 Å². The summed E-state index contributed by atoms with van der Waals surface area (Å²) in [6, 6.07) is 7.02. The SMILES string of the molecule is O=C(O)c1nc2c(c(Cl)cc3nccccc32)c1Cl. The molecule has 4 nitrogen and oxygen atoms in total. The molecule has 1 N–H and O–H groups in total. The number of benzene rings is 1. The molecule has 94 valence electrons. The Morgan fingerprint density at radius 3 is 2.79 bits per heavy atom. The van der Waals surface area contributed by atoms with Gasteiger partial charge in [0.15, 0.2) is 5.69 Å². The van der Waals surface area contributed by atoms with Crippen molar-refractivity contribution in [1.82, 2.24) is 9.97 Å². The number of carboxylic acids is 1. The molecule has 0 aliphatic heterocycles. The molecule has 19 heavy (non-hydrogen) atoms. The second-order valence-corrected chi connectivity index (χ2v) is 4.71. The summed E-state index contributed by atoms with van der Waals surface area (Å²) in [6.45, 7) is 0. The molecule has 0 aliphatic rings. The van der Waals surface area contributed by atoms with Crippen molar-refractivity contribution in [3.63, 3.8) is 0 Å². The van der Waals surface area contributed by atoms with E-state index in [1.54, 1.807) is 30.5 Å². The first-order valence-electron chi connectivity index (χ1n) is 5.35. The second kappa shape index (κ2) is 4.33. The van der Waals surface area contributed by atoms with Crippen molar-refractivity contribution in [2.75, 3.05) is 0 Å². The van der Waals surface area contributed by atoms with E-state index >= 15 is 0 Å². The average molecular weight is 293 g/mol. The second-order valence-electron chi connectivity index (χ2n) is 3.92. The van der Waals surface area contributed by atoms with E-state index in [9.17, 15) is 4.79 Å². The van der Waals surface area contributed by atoms with Crippen LogP contribution in [-0.4, -0.2) is 21.0 Å². The number of nitrogens with zero attached hydrogens (tertiary/aromatic N) is 2. The van der Waals surface area contributed by atoms with Gasteiger partial charge in [-0.05, 0) is 12.1 Å². The zero-order valence-corrected chi connectivity index (χ0v) is 10.9. The van der Waals surface area contributed by atoms with Crippen LogP contribution in [0.4, 0.5) is 0 Å². The lowest BCUT2D eigenvalue weighted by Gasteiger charge is -1.97. The molecule has 0 radical (unpaired) electrons. The Morgan fingerprint density at radius 1 is 1.26 bits per heavy atom. The number of hydrogen-bond donors (Lipinski definition) is 1. The minimum Gasteiger partial charge on any atom is -0.476 e. The van der Waals surface area contributed by atoms with Crippen molar-refractivity contribution in [2.45, 2.75) is 0 Å². The number of carboxylic acid groups (broad SMARTS) is 1. The largest absolute Gasteiger partial charge is 0.476 e. The quantitative estimate of drug-likeness (QED) is 0.741. The maximum atomic E-state index is 11.1. The van der Waals surface area contributed by atoms with E-state index in [1.165, 1.54) is 0 Å². The maximum absolute atomic E-state index is 11.1. The topological polar surface area (TPSA) is 63.1 Å². The van der Waals surface area contributed by atoms with Crippen LogP contribution >= 0.6 is 23.2 Å². The fourth-order valence-corrected chi connectivity index (χ4v) is 2.63. The molecule has 0 aliphatic carbocycles. The number of rotatable bonds is 1. The molecule has 0 saturated carbocycles. The Kier molecular flexibility index (Phi) is 2.77. The first-order chi connectivity index (χ1) is 9.09. The number of hydrogen-bond acceptors (Lipinski definition) is 3. The Balaban J connectivity index is 2.59. The van der Waals surface area contributed by atoms with Gasteiger partial charge in [0.25, 0.3) is 0 Å². The highest BCUT2D eigenvalue weighted by Crippen LogP contribution is 2.37. The highest BCUT2D eigenvalue weighted by Gasteiger charge is 2.20. The summed E-state index contributed by atoms with van der Waals surface area (Å²) in [5.74, 6) is -1.18. The van der Waals surface area contributed by atoms with Crippen LogP contribution in [0.3, 0.4) is 0 Å². The Bertz CT molecular complexity index is 834. The van der Waals surface area contributed by atoms with E-state index in [1.807, 2.05) is 0 Å². The summed E-state index contributed by atoms with van der Waals surface area (Å²) in [5, 5.41) is 10.6. The van der Waals surface area contributed by atoms with E-state index < -0.39 is 5.97 Å². The van der Waals surface area contributed by atoms with Gasteiger partial charge in [0.2, 0.25) is 0 Å². The maximum Gasteiger partial charge on any atom is 0.356 e. The number of halogens is 2. The van der Waals surface area contributed by atoms with Gasteiger partial charge in [-0.15, -0.1) is 0 Å². The smallest absolute Gasteiger partial charge is 0.356 e. The van der Waals surface area contributed by atoms with Gasteiger partial charge in [0.1, 0.15) is 0 Å². The molecule has 0 spiro atoms. The lowest BCUT2D eigenvalue weighted by Crippen LogP contribution is -1.96. The van der Waals surface area contributed by atoms with E-state index in [0.29, 0.717) is 26.8 Å². The van der Waals surface area contributed by atoms with Crippen molar-refractivity contribution < 1.29 is 9.90 Å². The molecule has 6 heteroatoms. The summed E-state index contributed by atoms with van der Waals surface area (Å²) in [6.07, 6.45) is 1.63. The minimum atomic E-state index is -1.18. The molecular weight excluding hydrogens is 287 g/mol. The van der Waals surface area contributed by atoms with Crippen LogP contribution in [0.5, 0.6) is 0 Å². The van der Waals surface area contributed by atoms with Gasteiger partial charge in [-0.2, -0.15) is 0 Å². The van der Waals surface area contributed by atoms with Crippen LogP contribution in [0.2, 0.25) is 10.0 Å². The minimum absolute atomic E-state index is 0.0564. The third kappa shape index (κ3) is 1.80. The van der Waals surface area contributed by atoms with E-state index in [2.05, 4.69) is 9.97 Å². The van der Waals surface area contributed by atoms with Gasteiger partial charge < -0.3 is 5.11 Å². The first-order valence-corrected chi connectivity index (χ1v) is 6.11. The molecule has 2 aromatic heterocycles. The molecule has 3 aromatic rings. The predicted molar refractivity (Wildman–Crippen MR) is 74.0 cm³/mol. The Labute approximate surface area is 117 Å². The highest BCUT2D eigenvalue weighted by molar-refractivity contribution is 6.45. The number of fused-ring (bicyclic) bond motifs is 3. The van der Waals surface area contributed by atoms with Gasteiger partial charge >= 0.3 is 5.97 Å². The van der Waals surface area contributed by atoms with Crippen LogP contribution in [-0.2, 0) is 0 Å². The molecule has 0 amide bonds. The molecule has 3 rings (SSSR count). The van der Waals surface area contributed by atoms with Crippen molar-refractivity contribution in [2.24, 2.45) is 0 Å². The molecule has 1 aromatic carbocycles. The number of aromatic carboxylic acids is 1. The first kappa shape index (κ1) is 12.1. The van der Waals surface area contributed by atoms with Crippen molar-refractivity contribution >= 4 is 51.0 Å². The van der Waals surface area contributed by atoms with Gasteiger partial charge in [0.05, 0.1) is 21.1 Å². The summed E-state index contributed by atoms with van der Waals surface area (Å²) in [7, 11) is 0. The van der Waals surface area contributed by atoms with Gasteiger partial charge in [-0.3, -0.25) is 4.98 Å². The molecule has 0 fully saturated rings. The van der Waals surface area contributed by atoms with Crippen LogP contribution in [0.15, 0.2) is 30.5 Å².